The van der Waals surface area contributed by atoms with Crippen LogP contribution in [0.1, 0.15) is 233 Å². The molecule has 2 heterocycles. The molecule has 0 fully saturated rings. The van der Waals surface area contributed by atoms with Crippen molar-refractivity contribution in [1.29, 1.82) is 0 Å². The third-order valence-corrected chi connectivity index (χ3v) is 21.8. The van der Waals surface area contributed by atoms with E-state index in [1.165, 1.54) is 129 Å². The molecule has 87 heavy (non-hydrogen) atoms. The van der Waals surface area contributed by atoms with Gasteiger partial charge in [0.1, 0.15) is 0 Å². The normalized spacial score (nSPS) is 18.1. The van der Waals surface area contributed by atoms with E-state index in [9.17, 15) is 0 Å². The SMILES string of the molecule is Cc1cc2c(cc1N1c3cc4c(cc3B3c5ccc(N(c6ccc(C(C)(C)C)cc6)c6ccc(C(C)(C)C)cc6)cc5N(c5cc6c(c(C(C)(C)C)c5)C(C)(C)c5ccccc5-6)c5cc(C(C)(C)C)cc1c53)C(C)(C)CC4(C)C)C(C)(C)CCC2(C)C. The summed E-state index contributed by atoms with van der Waals surface area (Å²) in [6.07, 6.45) is 3.44. The van der Waals surface area contributed by atoms with Crippen LogP contribution < -0.4 is 31.1 Å². The van der Waals surface area contributed by atoms with Crippen molar-refractivity contribution < 1.29 is 0 Å². The molecule has 0 saturated carbocycles. The maximum absolute atomic E-state index is 2.78. The Morgan fingerprint density at radius 1 is 0.391 bits per heavy atom. The van der Waals surface area contributed by atoms with Crippen molar-refractivity contribution in [3.63, 3.8) is 0 Å². The first kappa shape index (κ1) is 59.2. The quantitative estimate of drug-likeness (QED) is 0.159. The van der Waals surface area contributed by atoms with Gasteiger partial charge in [0, 0.05) is 56.6 Å². The van der Waals surface area contributed by atoms with E-state index in [1.54, 1.807) is 0 Å². The first-order valence-corrected chi connectivity index (χ1v) is 32.9. The molecular weight excluding hydrogens is 1050 g/mol. The Morgan fingerprint density at radius 3 is 1.43 bits per heavy atom. The summed E-state index contributed by atoms with van der Waals surface area (Å²) in [5, 5.41) is 0. The molecule has 13 rings (SSSR count). The summed E-state index contributed by atoms with van der Waals surface area (Å²) >= 11 is 0. The first-order chi connectivity index (χ1) is 40.3. The third-order valence-electron chi connectivity index (χ3n) is 21.8. The summed E-state index contributed by atoms with van der Waals surface area (Å²) in [4.78, 5) is 8.03. The van der Waals surface area contributed by atoms with E-state index in [0.29, 0.717) is 0 Å². The van der Waals surface area contributed by atoms with Crippen LogP contribution in [0, 0.1) is 6.92 Å². The second kappa shape index (κ2) is 18.9. The fourth-order valence-electron chi connectivity index (χ4n) is 16.8. The second-order valence-electron chi connectivity index (χ2n) is 34.6. The summed E-state index contributed by atoms with van der Waals surface area (Å²) in [5.74, 6) is 0. The van der Waals surface area contributed by atoms with Gasteiger partial charge in [-0.1, -0.05) is 219 Å². The first-order valence-electron chi connectivity index (χ1n) is 32.9. The Bertz CT molecular complexity index is 4090. The maximum Gasteiger partial charge on any atom is 0.252 e. The fraction of sp³-hybridized carbons (Fsp3) is 0.422. The molecule has 0 atom stereocenters. The molecule has 4 heteroatoms. The third kappa shape index (κ3) is 9.23. The van der Waals surface area contributed by atoms with Gasteiger partial charge in [0.25, 0.3) is 6.71 Å². The molecule has 0 unspecified atom stereocenters. The minimum Gasteiger partial charge on any atom is -0.311 e. The van der Waals surface area contributed by atoms with Crippen LogP contribution in [0.25, 0.3) is 11.1 Å². The largest absolute Gasteiger partial charge is 0.311 e. The van der Waals surface area contributed by atoms with Gasteiger partial charge in [0.05, 0.1) is 0 Å². The van der Waals surface area contributed by atoms with Gasteiger partial charge in [0.15, 0.2) is 0 Å². The maximum atomic E-state index is 2.78. The van der Waals surface area contributed by atoms with Crippen molar-refractivity contribution in [2.24, 2.45) is 0 Å². The molecule has 8 aromatic rings. The van der Waals surface area contributed by atoms with E-state index in [1.807, 2.05) is 0 Å². The van der Waals surface area contributed by atoms with Gasteiger partial charge in [0.2, 0.25) is 0 Å². The number of benzene rings is 8. The number of aryl methyl sites for hydroxylation is 1. The van der Waals surface area contributed by atoms with Crippen molar-refractivity contribution in [2.75, 3.05) is 14.7 Å². The van der Waals surface area contributed by atoms with Crippen molar-refractivity contribution in [3.8, 4) is 11.1 Å². The number of nitrogens with zero attached hydrogens (tertiary/aromatic N) is 3. The van der Waals surface area contributed by atoms with Crippen LogP contribution in [0.4, 0.5) is 51.2 Å². The smallest absolute Gasteiger partial charge is 0.252 e. The predicted octanol–water partition coefficient (Wildman–Crippen LogP) is 21.4. The van der Waals surface area contributed by atoms with Crippen LogP contribution in [0.5, 0.6) is 0 Å². The van der Waals surface area contributed by atoms with Gasteiger partial charge < -0.3 is 14.7 Å². The zero-order chi connectivity index (χ0) is 62.6. The minimum absolute atomic E-state index is 0.00352. The van der Waals surface area contributed by atoms with Crippen molar-refractivity contribution in [2.45, 2.75) is 227 Å². The Morgan fingerprint density at radius 2 is 0.874 bits per heavy atom. The number of anilines is 9. The molecule has 0 spiro atoms. The van der Waals surface area contributed by atoms with Gasteiger partial charge in [-0.3, -0.25) is 0 Å². The molecule has 8 aromatic carbocycles. The van der Waals surface area contributed by atoms with E-state index in [4.69, 9.17) is 0 Å². The molecule has 2 aliphatic heterocycles. The Balaban J connectivity index is 1.17. The Hall–Kier alpha value is -6.78. The van der Waals surface area contributed by atoms with Crippen LogP contribution in [-0.2, 0) is 48.7 Å². The summed E-state index contributed by atoms with van der Waals surface area (Å²) in [6, 6.07) is 56.7. The highest BCUT2D eigenvalue weighted by atomic mass is 15.2. The minimum atomic E-state index is -0.186. The molecule has 0 aromatic heterocycles. The van der Waals surface area contributed by atoms with E-state index >= 15 is 0 Å². The van der Waals surface area contributed by atoms with Gasteiger partial charge in [-0.15, -0.1) is 0 Å². The van der Waals surface area contributed by atoms with Gasteiger partial charge in [-0.2, -0.15) is 0 Å². The average Bonchev–Trinajstić information content (AvgIpc) is 1.55. The zero-order valence-electron chi connectivity index (χ0n) is 57.3. The topological polar surface area (TPSA) is 9.72 Å². The number of hydrogen-bond donors (Lipinski definition) is 0. The predicted molar refractivity (Wildman–Crippen MR) is 378 cm³/mol. The Kier molecular flexibility index (Phi) is 12.9. The second-order valence-corrected chi connectivity index (χ2v) is 34.6. The molecule has 5 aliphatic rings. The summed E-state index contributed by atoms with van der Waals surface area (Å²) in [7, 11) is 0. The van der Waals surface area contributed by atoms with E-state index < -0.39 is 0 Å². The summed E-state index contributed by atoms with van der Waals surface area (Å²) in [5.41, 5.74) is 33.0. The van der Waals surface area contributed by atoms with Crippen LogP contribution in [0.15, 0.2) is 140 Å². The molecule has 0 N–H and O–H groups in total. The Labute approximate surface area is 525 Å². The molecule has 0 bridgehead atoms. The molecular formula is C83H98BN3. The highest BCUT2D eigenvalue weighted by molar-refractivity contribution is 7.00. The summed E-state index contributed by atoms with van der Waals surface area (Å²) < 4.78 is 0. The molecule has 0 radical (unpaired) electrons. The lowest BCUT2D eigenvalue weighted by Crippen LogP contribution is -2.61. The van der Waals surface area contributed by atoms with Crippen LogP contribution in [0.2, 0.25) is 0 Å². The van der Waals surface area contributed by atoms with Crippen LogP contribution in [-0.4, -0.2) is 6.71 Å². The van der Waals surface area contributed by atoms with E-state index in [-0.39, 0.29) is 55.4 Å². The van der Waals surface area contributed by atoms with E-state index in [0.717, 1.165) is 29.9 Å². The molecule has 0 saturated heterocycles. The monoisotopic (exact) mass is 1150 g/mol. The van der Waals surface area contributed by atoms with Crippen molar-refractivity contribution >= 4 is 74.3 Å². The van der Waals surface area contributed by atoms with Crippen LogP contribution in [0.3, 0.4) is 0 Å². The van der Waals surface area contributed by atoms with Crippen molar-refractivity contribution in [3.05, 3.63) is 201 Å². The van der Waals surface area contributed by atoms with Gasteiger partial charge in [-0.25, -0.2) is 0 Å². The van der Waals surface area contributed by atoms with Crippen LogP contribution >= 0.6 is 0 Å². The number of fused-ring (bicyclic) bond motifs is 9. The van der Waals surface area contributed by atoms with Gasteiger partial charge in [-0.05, 0) is 231 Å². The standard InChI is InChI=1S/C83H98BN3/c1-50-40-61-63(80(16,17)39-38-79(61,14)15)47-68(50)87-70-48-64-62(81(18,19)49-82(64,20)21)46-67(70)84-66-37-36-56(85(54-32-28-51(29-33-54)75(2,3)4)55-34-30-52(31-35-55)76(5,6)7)45-69(66)86(71-41-53(77(8,9)10)42-72(87)74(71)84)57-43-59-58-26-24-25-27-60(58)83(22,23)73(59)65(44-57)78(11,12)13/h24-37,40-48H,38-39,49H2,1-23H3. The average molecular weight is 1150 g/mol. The molecule has 448 valence electrons. The lowest BCUT2D eigenvalue weighted by molar-refractivity contribution is 0.332. The molecule has 0 amide bonds. The highest BCUT2D eigenvalue weighted by Gasteiger charge is 2.50. The number of rotatable bonds is 5. The van der Waals surface area contributed by atoms with Gasteiger partial charge >= 0.3 is 0 Å². The summed E-state index contributed by atoms with van der Waals surface area (Å²) in [6.45, 7) is 55.6. The zero-order valence-corrected chi connectivity index (χ0v) is 57.3. The lowest BCUT2D eigenvalue weighted by Gasteiger charge is -2.47. The highest BCUT2D eigenvalue weighted by Crippen LogP contribution is 2.58. The molecule has 3 aliphatic carbocycles. The number of hydrogen-bond acceptors (Lipinski definition) is 3. The van der Waals surface area contributed by atoms with E-state index in [2.05, 4.69) is 313 Å². The molecule has 3 nitrogen and oxygen atoms in total. The van der Waals surface area contributed by atoms with Crippen molar-refractivity contribution in [1.82, 2.24) is 0 Å². The fourth-order valence-corrected chi connectivity index (χ4v) is 16.8. The lowest BCUT2D eigenvalue weighted by atomic mass is 9.33.